The summed E-state index contributed by atoms with van der Waals surface area (Å²) in [5.41, 5.74) is 7.43. The maximum Gasteiger partial charge on any atom is 0.306 e. The van der Waals surface area contributed by atoms with Crippen molar-refractivity contribution in [2.45, 2.75) is 26.7 Å². The van der Waals surface area contributed by atoms with Gasteiger partial charge < -0.3 is 10.1 Å². The van der Waals surface area contributed by atoms with Gasteiger partial charge in [-0.25, -0.2) is 0 Å². The van der Waals surface area contributed by atoms with E-state index in [1.54, 1.807) is 36.4 Å². The first kappa shape index (κ1) is 21.6. The summed E-state index contributed by atoms with van der Waals surface area (Å²) < 4.78 is 4.80. The van der Waals surface area contributed by atoms with E-state index in [4.69, 9.17) is 4.74 Å². The van der Waals surface area contributed by atoms with Crippen LogP contribution in [0, 0.1) is 13.8 Å². The number of carbonyl (C=O) groups excluding carboxylic acids is 4. The van der Waals surface area contributed by atoms with Crippen molar-refractivity contribution in [2.75, 3.05) is 11.9 Å². The Bertz CT molecular complexity index is 896. The monoisotopic (exact) mass is 397 g/mol. The maximum atomic E-state index is 12.0. The third-order valence-electron chi connectivity index (χ3n) is 3.93. The quantitative estimate of drug-likeness (QED) is 0.489. The zero-order valence-corrected chi connectivity index (χ0v) is 16.3. The molecule has 0 aliphatic carbocycles. The number of amides is 3. The highest BCUT2D eigenvalue weighted by Gasteiger charge is 2.12. The highest BCUT2D eigenvalue weighted by atomic mass is 16.5. The van der Waals surface area contributed by atoms with Gasteiger partial charge in [-0.2, -0.15) is 0 Å². The first-order valence-electron chi connectivity index (χ1n) is 9.02. The fourth-order valence-corrected chi connectivity index (χ4v) is 2.42. The predicted molar refractivity (Wildman–Crippen MR) is 107 cm³/mol. The van der Waals surface area contributed by atoms with E-state index >= 15 is 0 Å². The van der Waals surface area contributed by atoms with Crippen LogP contribution in [0.15, 0.2) is 48.5 Å². The number of aryl methyl sites for hydroxylation is 2. The van der Waals surface area contributed by atoms with Crippen LogP contribution in [-0.2, 0) is 19.1 Å². The summed E-state index contributed by atoms with van der Waals surface area (Å²) in [6, 6.07) is 13.9. The zero-order valence-electron chi connectivity index (χ0n) is 16.3. The molecule has 3 N–H and O–H groups in total. The molecule has 0 fully saturated rings. The van der Waals surface area contributed by atoms with E-state index in [1.807, 2.05) is 26.0 Å². The largest absolute Gasteiger partial charge is 0.455 e. The van der Waals surface area contributed by atoms with Gasteiger partial charge in [-0.3, -0.25) is 30.0 Å². The lowest BCUT2D eigenvalue weighted by molar-refractivity contribution is -0.149. The molecule has 0 aromatic heterocycles. The lowest BCUT2D eigenvalue weighted by Gasteiger charge is -2.10. The molecule has 2 aromatic rings. The van der Waals surface area contributed by atoms with Gasteiger partial charge in [0, 0.05) is 17.7 Å². The van der Waals surface area contributed by atoms with Crippen molar-refractivity contribution in [2.24, 2.45) is 0 Å². The van der Waals surface area contributed by atoms with Crippen LogP contribution in [0.25, 0.3) is 0 Å². The number of rotatable bonds is 7. The minimum absolute atomic E-state index is 0.0709. The highest BCUT2D eigenvalue weighted by molar-refractivity contribution is 5.95. The minimum Gasteiger partial charge on any atom is -0.455 e. The fraction of sp³-hybridized carbons (Fsp3) is 0.238. The van der Waals surface area contributed by atoms with Crippen molar-refractivity contribution in [1.82, 2.24) is 10.9 Å². The molecule has 0 aliphatic rings. The van der Waals surface area contributed by atoms with E-state index < -0.39 is 24.4 Å². The number of nitrogens with one attached hydrogen (secondary N) is 3. The van der Waals surface area contributed by atoms with Gasteiger partial charge in [0.15, 0.2) is 6.61 Å². The molecule has 0 aliphatic heterocycles. The molecule has 152 valence electrons. The lowest BCUT2D eigenvalue weighted by Crippen LogP contribution is -2.43. The Morgan fingerprint density at radius 1 is 0.862 bits per heavy atom. The second-order valence-electron chi connectivity index (χ2n) is 6.40. The number of anilines is 1. The number of hydrazine groups is 1. The number of hydrogen-bond acceptors (Lipinski definition) is 5. The Morgan fingerprint density at radius 2 is 1.59 bits per heavy atom. The van der Waals surface area contributed by atoms with E-state index in [9.17, 15) is 19.2 Å². The van der Waals surface area contributed by atoms with Crippen molar-refractivity contribution in [3.8, 4) is 0 Å². The van der Waals surface area contributed by atoms with Gasteiger partial charge in [0.2, 0.25) is 5.91 Å². The van der Waals surface area contributed by atoms with Crippen LogP contribution < -0.4 is 16.2 Å². The van der Waals surface area contributed by atoms with E-state index in [0.717, 1.165) is 11.1 Å². The topological polar surface area (TPSA) is 114 Å². The van der Waals surface area contributed by atoms with Gasteiger partial charge in [-0.05, 0) is 37.6 Å². The second-order valence-corrected chi connectivity index (χ2v) is 6.40. The first-order chi connectivity index (χ1) is 13.8. The molecular weight excluding hydrogens is 374 g/mol. The van der Waals surface area contributed by atoms with E-state index in [0.29, 0.717) is 11.3 Å². The number of benzene rings is 2. The molecule has 8 heteroatoms. The van der Waals surface area contributed by atoms with Crippen LogP contribution >= 0.6 is 0 Å². The summed E-state index contributed by atoms with van der Waals surface area (Å²) in [6.07, 6.45) is -0.237. The Kier molecular flexibility index (Phi) is 7.90. The van der Waals surface area contributed by atoms with Gasteiger partial charge >= 0.3 is 5.97 Å². The third-order valence-corrected chi connectivity index (χ3v) is 3.93. The number of esters is 1. The van der Waals surface area contributed by atoms with Gasteiger partial charge in [-0.1, -0.05) is 35.9 Å². The molecule has 29 heavy (non-hydrogen) atoms. The molecule has 2 rings (SSSR count). The van der Waals surface area contributed by atoms with Crippen molar-refractivity contribution >= 4 is 29.4 Å². The molecule has 0 heterocycles. The second kappa shape index (κ2) is 10.6. The minimum atomic E-state index is -0.692. The standard InChI is InChI=1S/C21H23N3O5/c1-14-8-9-17(15(2)12-14)22-18(25)10-11-20(27)29-13-19(26)23-24-21(28)16-6-4-3-5-7-16/h3-9,12H,10-11,13H2,1-2H3,(H,22,25)(H,23,26)(H,24,28). The molecule has 8 nitrogen and oxygen atoms in total. The summed E-state index contributed by atoms with van der Waals surface area (Å²) in [5.74, 6) is -2.20. The normalized spacial score (nSPS) is 10.0. The summed E-state index contributed by atoms with van der Waals surface area (Å²) >= 11 is 0. The molecule has 0 bridgehead atoms. The molecule has 0 unspecified atom stereocenters. The molecule has 0 spiro atoms. The Labute approximate surface area is 168 Å². The van der Waals surface area contributed by atoms with Crippen LogP contribution in [0.1, 0.15) is 34.3 Å². The number of carbonyl (C=O) groups is 4. The predicted octanol–water partition coefficient (Wildman–Crippen LogP) is 2.03. The van der Waals surface area contributed by atoms with Crippen LogP contribution in [0.3, 0.4) is 0 Å². The molecule has 0 saturated carbocycles. The van der Waals surface area contributed by atoms with Gasteiger partial charge in [-0.15, -0.1) is 0 Å². The average Bonchev–Trinajstić information content (AvgIpc) is 2.71. The van der Waals surface area contributed by atoms with Crippen LogP contribution in [0.2, 0.25) is 0 Å². The van der Waals surface area contributed by atoms with E-state index in [1.165, 1.54) is 0 Å². The van der Waals surface area contributed by atoms with Crippen molar-refractivity contribution in [3.05, 3.63) is 65.2 Å². The SMILES string of the molecule is Cc1ccc(NC(=O)CCC(=O)OCC(=O)NNC(=O)c2ccccc2)c(C)c1. The van der Waals surface area contributed by atoms with Gasteiger partial charge in [0.05, 0.1) is 6.42 Å². The molecule has 0 radical (unpaired) electrons. The molecule has 2 aromatic carbocycles. The summed E-state index contributed by atoms with van der Waals surface area (Å²) in [5, 5.41) is 2.73. The summed E-state index contributed by atoms with van der Waals surface area (Å²) in [7, 11) is 0. The highest BCUT2D eigenvalue weighted by Crippen LogP contribution is 2.16. The van der Waals surface area contributed by atoms with Crippen molar-refractivity contribution in [1.29, 1.82) is 0 Å². The summed E-state index contributed by atoms with van der Waals surface area (Å²) in [6.45, 7) is 3.27. The smallest absolute Gasteiger partial charge is 0.306 e. The van der Waals surface area contributed by atoms with Crippen molar-refractivity contribution < 1.29 is 23.9 Å². The van der Waals surface area contributed by atoms with Crippen LogP contribution in [0.4, 0.5) is 5.69 Å². The molecule has 0 saturated heterocycles. The number of ether oxygens (including phenoxy) is 1. The van der Waals surface area contributed by atoms with Gasteiger partial charge in [0.1, 0.15) is 0 Å². The zero-order chi connectivity index (χ0) is 21.2. The lowest BCUT2D eigenvalue weighted by atomic mass is 10.1. The van der Waals surface area contributed by atoms with E-state index in [2.05, 4.69) is 16.2 Å². The summed E-state index contributed by atoms with van der Waals surface area (Å²) in [4.78, 5) is 47.1. The molecule has 3 amide bonds. The van der Waals surface area contributed by atoms with Crippen LogP contribution in [0.5, 0.6) is 0 Å². The van der Waals surface area contributed by atoms with Crippen molar-refractivity contribution in [3.63, 3.8) is 0 Å². The fourth-order valence-electron chi connectivity index (χ4n) is 2.42. The molecule has 0 atom stereocenters. The molecular formula is C21H23N3O5. The van der Waals surface area contributed by atoms with Crippen LogP contribution in [-0.4, -0.2) is 30.3 Å². The Balaban J connectivity index is 1.65. The number of hydrogen-bond donors (Lipinski definition) is 3. The Morgan fingerprint density at radius 3 is 2.28 bits per heavy atom. The average molecular weight is 397 g/mol. The van der Waals surface area contributed by atoms with Gasteiger partial charge in [0.25, 0.3) is 11.8 Å². The maximum absolute atomic E-state index is 12.0. The van der Waals surface area contributed by atoms with E-state index in [-0.39, 0.29) is 18.7 Å². The first-order valence-corrected chi connectivity index (χ1v) is 9.02. The third kappa shape index (κ3) is 7.45. The Hall–Kier alpha value is -3.68.